The molecule has 0 aliphatic carbocycles. The Hall–Kier alpha value is -2.61. The fourth-order valence-electron chi connectivity index (χ4n) is 3.58. The zero-order valence-electron chi connectivity index (χ0n) is 15.5. The fourth-order valence-corrected chi connectivity index (χ4v) is 3.58. The molecule has 0 spiro atoms. The molecule has 2 unspecified atom stereocenters. The third-order valence-electron chi connectivity index (χ3n) is 5.08. The normalized spacial score (nSPS) is 13.3. The molecule has 2 aromatic carbocycles. The average Bonchev–Trinajstić information content (AvgIpc) is 2.69. The highest BCUT2D eigenvalue weighted by Crippen LogP contribution is 2.28. The summed E-state index contributed by atoms with van der Waals surface area (Å²) in [5.74, 6) is 1.08. The van der Waals surface area contributed by atoms with E-state index < -0.39 is 0 Å². The first-order valence-electron chi connectivity index (χ1n) is 9.45. The van der Waals surface area contributed by atoms with E-state index in [1.165, 1.54) is 5.56 Å². The Bertz CT molecular complexity index is 865. The molecule has 0 saturated heterocycles. The molecule has 0 N–H and O–H groups in total. The minimum atomic E-state index is -0.204. The average molecular weight is 346 g/mol. The van der Waals surface area contributed by atoms with Crippen LogP contribution in [0.3, 0.4) is 0 Å². The largest absolute Gasteiger partial charge is 0.427 e. The minimum Gasteiger partial charge on any atom is -0.427 e. The van der Waals surface area contributed by atoms with Crippen molar-refractivity contribution in [1.82, 2.24) is 0 Å². The first kappa shape index (κ1) is 18.2. The third kappa shape index (κ3) is 4.13. The van der Waals surface area contributed by atoms with Crippen LogP contribution in [0, 0.1) is 0 Å². The summed E-state index contributed by atoms with van der Waals surface area (Å²) in [4.78, 5) is 12.7. The minimum absolute atomic E-state index is 0.0794. The second kappa shape index (κ2) is 8.66. The van der Waals surface area contributed by atoms with Gasteiger partial charge in [-0.2, -0.15) is 0 Å². The van der Waals surface area contributed by atoms with Gasteiger partial charge in [-0.3, -0.25) is 0 Å². The van der Waals surface area contributed by atoms with Crippen LogP contribution in [-0.4, -0.2) is 0 Å². The zero-order chi connectivity index (χ0) is 18.4. The highest BCUT2D eigenvalue weighted by Gasteiger charge is 2.19. The second-order valence-electron chi connectivity index (χ2n) is 6.75. The van der Waals surface area contributed by atoms with Crippen LogP contribution >= 0.6 is 0 Å². The molecule has 3 rings (SSSR count). The zero-order valence-corrected chi connectivity index (χ0v) is 15.5. The first-order valence-corrected chi connectivity index (χ1v) is 9.45. The predicted molar refractivity (Wildman–Crippen MR) is 107 cm³/mol. The van der Waals surface area contributed by atoms with Gasteiger partial charge < -0.3 is 4.42 Å². The smallest absolute Gasteiger partial charge is 0.339 e. The quantitative estimate of drug-likeness (QED) is 0.532. The predicted octanol–water partition coefficient (Wildman–Crippen LogP) is 5.92. The summed E-state index contributed by atoms with van der Waals surface area (Å²) in [6, 6.07) is 24.5. The van der Waals surface area contributed by atoms with E-state index in [1.807, 2.05) is 48.5 Å². The SMILES string of the molecule is CCC(Cc1ccccc1)c1ccc(C(CC)c2ccccc2)c(=O)o1. The van der Waals surface area contributed by atoms with Crippen LogP contribution in [0.5, 0.6) is 0 Å². The molecule has 134 valence electrons. The van der Waals surface area contributed by atoms with Crippen molar-refractivity contribution < 1.29 is 4.42 Å². The Kier molecular flexibility index (Phi) is 6.06. The van der Waals surface area contributed by atoms with Crippen molar-refractivity contribution in [1.29, 1.82) is 0 Å². The molecule has 2 atom stereocenters. The van der Waals surface area contributed by atoms with Gasteiger partial charge >= 0.3 is 5.63 Å². The molecule has 3 aromatic rings. The molecule has 2 heteroatoms. The van der Waals surface area contributed by atoms with Crippen molar-refractivity contribution in [3.8, 4) is 0 Å². The highest BCUT2D eigenvalue weighted by atomic mass is 16.4. The molecule has 1 aromatic heterocycles. The lowest BCUT2D eigenvalue weighted by Crippen LogP contribution is -2.15. The van der Waals surface area contributed by atoms with Crippen LogP contribution < -0.4 is 5.63 Å². The maximum absolute atomic E-state index is 12.7. The monoisotopic (exact) mass is 346 g/mol. The maximum Gasteiger partial charge on any atom is 0.339 e. The van der Waals surface area contributed by atoms with Gasteiger partial charge in [-0.05, 0) is 42.5 Å². The molecule has 0 aliphatic heterocycles. The van der Waals surface area contributed by atoms with Crippen molar-refractivity contribution in [3.63, 3.8) is 0 Å². The Balaban J connectivity index is 1.87. The van der Waals surface area contributed by atoms with Gasteiger partial charge in [0.25, 0.3) is 0 Å². The van der Waals surface area contributed by atoms with Gasteiger partial charge in [-0.25, -0.2) is 4.79 Å². The lowest BCUT2D eigenvalue weighted by Gasteiger charge is -2.17. The van der Waals surface area contributed by atoms with Gasteiger partial charge in [0.2, 0.25) is 0 Å². The molecular formula is C24H26O2. The van der Waals surface area contributed by atoms with E-state index >= 15 is 0 Å². The summed E-state index contributed by atoms with van der Waals surface area (Å²) < 4.78 is 5.78. The van der Waals surface area contributed by atoms with Crippen LogP contribution in [0.4, 0.5) is 0 Å². The number of hydrogen-bond acceptors (Lipinski definition) is 2. The lowest BCUT2D eigenvalue weighted by molar-refractivity contribution is 0.406. The molecule has 0 radical (unpaired) electrons. The van der Waals surface area contributed by atoms with E-state index in [0.717, 1.165) is 36.1 Å². The third-order valence-corrected chi connectivity index (χ3v) is 5.08. The van der Waals surface area contributed by atoms with E-state index in [9.17, 15) is 4.79 Å². The number of rotatable bonds is 7. The van der Waals surface area contributed by atoms with E-state index in [2.05, 4.69) is 38.1 Å². The lowest BCUT2D eigenvalue weighted by atomic mass is 9.89. The van der Waals surface area contributed by atoms with Crippen molar-refractivity contribution >= 4 is 0 Å². The Morgan fingerprint density at radius 2 is 1.46 bits per heavy atom. The van der Waals surface area contributed by atoms with E-state index in [1.54, 1.807) is 0 Å². The van der Waals surface area contributed by atoms with Gasteiger partial charge in [0.1, 0.15) is 5.76 Å². The van der Waals surface area contributed by atoms with Gasteiger partial charge in [-0.1, -0.05) is 74.5 Å². The van der Waals surface area contributed by atoms with Crippen molar-refractivity contribution in [2.75, 3.05) is 0 Å². The molecular weight excluding hydrogens is 320 g/mol. The van der Waals surface area contributed by atoms with Crippen LogP contribution in [0.2, 0.25) is 0 Å². The standard InChI is InChI=1S/C24H26O2/c1-3-19(17-18-11-7-5-8-12-18)23-16-15-22(24(25)26-23)21(4-2)20-13-9-6-10-14-20/h5-16,19,21H,3-4,17H2,1-2H3. The van der Waals surface area contributed by atoms with Crippen molar-refractivity contribution in [2.24, 2.45) is 0 Å². The molecule has 0 saturated carbocycles. The summed E-state index contributed by atoms with van der Waals surface area (Å²) in [6.45, 7) is 4.25. The van der Waals surface area contributed by atoms with Crippen LogP contribution in [0.15, 0.2) is 82.0 Å². The van der Waals surface area contributed by atoms with Crippen molar-refractivity contribution in [3.05, 3.63) is 106 Å². The van der Waals surface area contributed by atoms with Crippen LogP contribution in [-0.2, 0) is 6.42 Å². The van der Waals surface area contributed by atoms with Crippen molar-refractivity contribution in [2.45, 2.75) is 44.9 Å². The van der Waals surface area contributed by atoms with Gasteiger partial charge in [0.15, 0.2) is 0 Å². The van der Waals surface area contributed by atoms with Crippen LogP contribution in [0.1, 0.15) is 61.0 Å². The Morgan fingerprint density at radius 1 is 0.808 bits per heavy atom. The summed E-state index contributed by atoms with van der Waals surface area (Å²) in [5, 5.41) is 0. The molecule has 0 fully saturated rings. The van der Waals surface area contributed by atoms with Gasteiger partial charge in [0, 0.05) is 17.4 Å². The van der Waals surface area contributed by atoms with E-state index in [4.69, 9.17) is 4.42 Å². The highest BCUT2D eigenvalue weighted by molar-refractivity contribution is 5.31. The first-order chi connectivity index (χ1) is 12.7. The summed E-state index contributed by atoms with van der Waals surface area (Å²) in [5.41, 5.74) is 2.97. The van der Waals surface area contributed by atoms with E-state index in [0.29, 0.717) is 0 Å². The molecule has 26 heavy (non-hydrogen) atoms. The fraction of sp³-hybridized carbons (Fsp3) is 0.292. The summed E-state index contributed by atoms with van der Waals surface area (Å²) in [6.07, 6.45) is 2.69. The summed E-state index contributed by atoms with van der Waals surface area (Å²) >= 11 is 0. The topological polar surface area (TPSA) is 30.2 Å². The molecule has 2 nitrogen and oxygen atoms in total. The molecule has 0 aliphatic rings. The second-order valence-corrected chi connectivity index (χ2v) is 6.75. The maximum atomic E-state index is 12.7. The Morgan fingerprint density at radius 3 is 2.04 bits per heavy atom. The van der Waals surface area contributed by atoms with Gasteiger partial charge in [0.05, 0.1) is 0 Å². The summed E-state index contributed by atoms with van der Waals surface area (Å²) in [7, 11) is 0. The van der Waals surface area contributed by atoms with E-state index in [-0.39, 0.29) is 17.5 Å². The Labute approximate surface area is 155 Å². The molecule has 0 amide bonds. The number of benzene rings is 2. The van der Waals surface area contributed by atoms with Crippen LogP contribution in [0.25, 0.3) is 0 Å². The molecule has 0 bridgehead atoms. The number of hydrogen-bond donors (Lipinski definition) is 0. The van der Waals surface area contributed by atoms with Gasteiger partial charge in [-0.15, -0.1) is 0 Å². The molecule has 1 heterocycles.